The maximum Gasteiger partial charge on any atom is 0.322 e. The number of hydrogen-bond acceptors (Lipinski definition) is 5. The summed E-state index contributed by atoms with van der Waals surface area (Å²) in [5, 5.41) is 13.6. The van der Waals surface area contributed by atoms with Gasteiger partial charge in [-0.25, -0.2) is 4.79 Å². The van der Waals surface area contributed by atoms with Gasteiger partial charge in [-0.3, -0.25) is 14.4 Å². The van der Waals surface area contributed by atoms with Crippen LogP contribution in [0.15, 0.2) is 18.2 Å². The molecule has 1 unspecified atom stereocenters. The number of amides is 5. The van der Waals surface area contributed by atoms with Crippen molar-refractivity contribution >= 4 is 52.6 Å². The minimum Gasteiger partial charge on any atom is -0.391 e. The van der Waals surface area contributed by atoms with Gasteiger partial charge >= 0.3 is 6.03 Å². The van der Waals surface area contributed by atoms with E-state index in [-0.39, 0.29) is 35.9 Å². The number of hydrogen-bond donors (Lipinski definition) is 3. The van der Waals surface area contributed by atoms with Crippen molar-refractivity contribution in [2.24, 2.45) is 11.1 Å². The number of urea groups is 1. The highest BCUT2D eigenvalue weighted by molar-refractivity contribution is 6.42. The number of carbonyl (C=O) groups excluding carboxylic acids is 4. The molecule has 12 heteroatoms. The van der Waals surface area contributed by atoms with E-state index in [4.69, 9.17) is 28.9 Å². The largest absolute Gasteiger partial charge is 0.391 e. The van der Waals surface area contributed by atoms with Gasteiger partial charge in [0, 0.05) is 31.7 Å². The van der Waals surface area contributed by atoms with E-state index in [1.54, 1.807) is 17.9 Å². The summed E-state index contributed by atoms with van der Waals surface area (Å²) < 4.78 is 0. The fourth-order valence-corrected chi connectivity index (χ4v) is 5.35. The molecule has 0 radical (unpaired) electrons. The van der Waals surface area contributed by atoms with E-state index in [2.05, 4.69) is 5.32 Å². The minimum absolute atomic E-state index is 0.0137. The summed E-state index contributed by atoms with van der Waals surface area (Å²) in [4.78, 5) is 55.2. The lowest BCUT2D eigenvalue weighted by Crippen LogP contribution is -2.66. The summed E-state index contributed by atoms with van der Waals surface area (Å²) in [7, 11) is 0. The van der Waals surface area contributed by atoms with Gasteiger partial charge in [0.25, 0.3) is 0 Å². The van der Waals surface area contributed by atoms with Gasteiger partial charge in [0.1, 0.15) is 12.1 Å². The number of aliphatic hydroxyl groups is 1. The van der Waals surface area contributed by atoms with E-state index >= 15 is 0 Å². The van der Waals surface area contributed by atoms with E-state index in [1.807, 2.05) is 0 Å². The molecule has 196 valence electrons. The molecule has 5 amide bonds. The van der Waals surface area contributed by atoms with Crippen LogP contribution in [0.5, 0.6) is 0 Å². The van der Waals surface area contributed by atoms with Gasteiger partial charge in [-0.05, 0) is 56.2 Å². The molecule has 3 aliphatic rings. The van der Waals surface area contributed by atoms with Crippen LogP contribution < -0.4 is 11.1 Å². The third kappa shape index (κ3) is 5.40. The van der Waals surface area contributed by atoms with Crippen LogP contribution in [0.4, 0.5) is 10.5 Å². The molecule has 0 aromatic heterocycles. The topological polar surface area (TPSA) is 136 Å². The zero-order chi connectivity index (χ0) is 26.2. The lowest BCUT2D eigenvalue weighted by atomic mass is 9.90. The average molecular weight is 540 g/mol. The number of benzene rings is 1. The van der Waals surface area contributed by atoms with E-state index in [1.165, 1.54) is 21.9 Å². The first-order chi connectivity index (χ1) is 17.0. The van der Waals surface area contributed by atoms with Crippen molar-refractivity contribution in [3.05, 3.63) is 28.2 Å². The van der Waals surface area contributed by atoms with Crippen molar-refractivity contribution in [2.75, 3.05) is 31.5 Å². The second kappa shape index (κ2) is 10.4. The SMILES string of the molecule is C[C@H]1C(=O)N(CCCC(=O)N2CCC3(CC3)[C@H](O)C2)C(C(N)=O)CN1C(=O)Nc1ccc(Cl)c(Cl)c1. The van der Waals surface area contributed by atoms with Crippen LogP contribution in [0.1, 0.15) is 39.0 Å². The Bertz CT molecular complexity index is 1070. The number of carbonyl (C=O) groups is 4. The average Bonchev–Trinajstić information content (AvgIpc) is 3.61. The highest BCUT2D eigenvalue weighted by atomic mass is 35.5. The normalized spacial score (nSPS) is 25.2. The number of β-amino-alcohol motifs (C(OH)–C–C–N with tert-alkyl or cyclic N) is 1. The third-order valence-electron chi connectivity index (χ3n) is 7.63. The molecular weight excluding hydrogens is 509 g/mol. The summed E-state index contributed by atoms with van der Waals surface area (Å²) in [5.41, 5.74) is 5.99. The van der Waals surface area contributed by atoms with Crippen LogP contribution in [-0.4, -0.2) is 87.9 Å². The maximum atomic E-state index is 13.1. The standard InChI is InChI=1S/C24H31Cl2N5O5/c1-14-22(35)30(9-2-3-20(33)29-10-8-24(6-7-24)19(32)13-29)18(21(27)34)12-31(14)23(36)28-15-4-5-16(25)17(26)11-15/h4-5,11,14,18-19,32H,2-3,6-10,12-13H2,1H3,(H2,27,34)(H,28,36)/t14-,18?,19+/m0/s1. The molecular formula is C24H31Cl2N5O5. The molecule has 1 aromatic rings. The Balaban J connectivity index is 1.34. The number of nitrogens with zero attached hydrogens (tertiary/aromatic N) is 3. The van der Waals surface area contributed by atoms with E-state index in [0.29, 0.717) is 30.2 Å². The van der Waals surface area contributed by atoms with E-state index < -0.39 is 36.0 Å². The summed E-state index contributed by atoms with van der Waals surface area (Å²) in [6, 6.07) is 2.16. The number of halogens is 2. The number of nitrogens with one attached hydrogen (secondary N) is 1. The monoisotopic (exact) mass is 539 g/mol. The molecule has 2 aliphatic heterocycles. The van der Waals surface area contributed by atoms with Crippen molar-refractivity contribution in [3.8, 4) is 0 Å². The first-order valence-electron chi connectivity index (χ1n) is 12.1. The van der Waals surface area contributed by atoms with Crippen molar-refractivity contribution < 1.29 is 24.3 Å². The summed E-state index contributed by atoms with van der Waals surface area (Å²) in [5.74, 6) is -1.24. The molecule has 3 atom stereocenters. The van der Waals surface area contributed by atoms with Gasteiger partial charge in [0.15, 0.2) is 0 Å². The number of nitrogens with two attached hydrogens (primary N) is 1. The molecule has 36 heavy (non-hydrogen) atoms. The van der Waals surface area contributed by atoms with Crippen LogP contribution in [0.3, 0.4) is 0 Å². The molecule has 3 fully saturated rings. The molecule has 1 aliphatic carbocycles. The van der Waals surface area contributed by atoms with Crippen molar-refractivity contribution in [2.45, 2.75) is 57.2 Å². The molecule has 4 N–H and O–H groups in total. The Morgan fingerprint density at radius 3 is 2.50 bits per heavy atom. The molecule has 10 nitrogen and oxygen atoms in total. The molecule has 2 saturated heterocycles. The van der Waals surface area contributed by atoms with Crippen LogP contribution in [0.25, 0.3) is 0 Å². The smallest absolute Gasteiger partial charge is 0.322 e. The zero-order valence-corrected chi connectivity index (χ0v) is 21.6. The molecule has 4 rings (SSSR count). The van der Waals surface area contributed by atoms with Crippen LogP contribution in [-0.2, 0) is 14.4 Å². The van der Waals surface area contributed by atoms with Gasteiger partial charge in [0.05, 0.1) is 22.7 Å². The number of anilines is 1. The predicted molar refractivity (Wildman–Crippen MR) is 134 cm³/mol. The second-order valence-corrected chi connectivity index (χ2v) is 10.7. The Morgan fingerprint density at radius 2 is 1.89 bits per heavy atom. The number of aliphatic hydroxyl groups excluding tert-OH is 1. The number of likely N-dealkylation sites (tertiary alicyclic amines) is 1. The first-order valence-corrected chi connectivity index (χ1v) is 12.9. The summed E-state index contributed by atoms with van der Waals surface area (Å²) >= 11 is 11.9. The van der Waals surface area contributed by atoms with Gasteiger partial charge in [-0.2, -0.15) is 0 Å². The predicted octanol–water partition coefficient (Wildman–Crippen LogP) is 2.07. The maximum absolute atomic E-state index is 13.1. The Kier molecular flexibility index (Phi) is 7.68. The number of piperazine rings is 1. The fourth-order valence-electron chi connectivity index (χ4n) is 5.05. The number of piperidine rings is 1. The summed E-state index contributed by atoms with van der Waals surface area (Å²) in [6.45, 7) is 2.62. The lowest BCUT2D eigenvalue weighted by molar-refractivity contribution is -0.148. The van der Waals surface area contributed by atoms with Crippen molar-refractivity contribution in [1.82, 2.24) is 14.7 Å². The van der Waals surface area contributed by atoms with Gasteiger partial charge < -0.3 is 30.9 Å². The first kappa shape index (κ1) is 26.5. The Labute approximate surface area is 219 Å². The van der Waals surface area contributed by atoms with Gasteiger partial charge in [-0.15, -0.1) is 0 Å². The molecule has 0 bridgehead atoms. The van der Waals surface area contributed by atoms with Crippen LogP contribution in [0, 0.1) is 5.41 Å². The summed E-state index contributed by atoms with van der Waals surface area (Å²) in [6.07, 6.45) is 2.88. The number of rotatable bonds is 6. The Morgan fingerprint density at radius 1 is 1.17 bits per heavy atom. The number of primary amides is 1. The minimum atomic E-state index is -1.02. The highest BCUT2D eigenvalue weighted by Crippen LogP contribution is 2.53. The second-order valence-electron chi connectivity index (χ2n) is 9.91. The highest BCUT2D eigenvalue weighted by Gasteiger charge is 2.51. The van der Waals surface area contributed by atoms with Crippen molar-refractivity contribution in [1.29, 1.82) is 0 Å². The molecule has 1 spiro atoms. The lowest BCUT2D eigenvalue weighted by Gasteiger charge is -2.43. The van der Waals surface area contributed by atoms with Gasteiger partial charge in [-0.1, -0.05) is 23.2 Å². The quantitative estimate of drug-likeness (QED) is 0.508. The fraction of sp³-hybridized carbons (Fsp3) is 0.583. The third-order valence-corrected chi connectivity index (χ3v) is 8.37. The zero-order valence-electron chi connectivity index (χ0n) is 20.1. The molecule has 1 aromatic carbocycles. The van der Waals surface area contributed by atoms with Crippen LogP contribution >= 0.6 is 23.2 Å². The van der Waals surface area contributed by atoms with Crippen molar-refractivity contribution in [3.63, 3.8) is 0 Å². The molecule has 2 heterocycles. The Hall–Kier alpha value is -2.56. The van der Waals surface area contributed by atoms with Crippen LogP contribution in [0.2, 0.25) is 10.0 Å². The molecule has 1 saturated carbocycles. The van der Waals surface area contributed by atoms with E-state index in [9.17, 15) is 24.3 Å². The van der Waals surface area contributed by atoms with Gasteiger partial charge in [0.2, 0.25) is 17.7 Å². The van der Waals surface area contributed by atoms with E-state index in [0.717, 1.165) is 19.3 Å².